The van der Waals surface area contributed by atoms with Gasteiger partial charge in [-0.1, -0.05) is 12.1 Å². The van der Waals surface area contributed by atoms with Crippen LogP contribution in [0.5, 0.6) is 0 Å². The summed E-state index contributed by atoms with van der Waals surface area (Å²) in [4.78, 5) is 24.2. The lowest BCUT2D eigenvalue weighted by Gasteiger charge is -2.35. The number of hydrogen-bond donors (Lipinski definition) is 1. The van der Waals surface area contributed by atoms with Crippen LogP contribution in [0.3, 0.4) is 0 Å². The summed E-state index contributed by atoms with van der Waals surface area (Å²) in [6, 6.07) is 5.94. The predicted octanol–water partition coefficient (Wildman–Crippen LogP) is 1.58. The van der Waals surface area contributed by atoms with Crippen LogP contribution in [0, 0.1) is 10.1 Å². The summed E-state index contributed by atoms with van der Waals surface area (Å²) < 4.78 is 0. The Morgan fingerprint density at radius 3 is 2.53 bits per heavy atom. The number of likely N-dealkylation sites (tertiary alicyclic amines) is 1. The van der Waals surface area contributed by atoms with Gasteiger partial charge in [-0.25, -0.2) is 0 Å². The van der Waals surface area contributed by atoms with Crippen molar-refractivity contribution in [2.24, 2.45) is 0 Å². The molecular formula is C13H16N2O4. The van der Waals surface area contributed by atoms with E-state index in [1.54, 1.807) is 17.9 Å². The zero-order chi connectivity index (χ0) is 14.0. The molecule has 1 N–H and O–H groups in total. The van der Waals surface area contributed by atoms with E-state index in [-0.39, 0.29) is 17.2 Å². The summed E-state index contributed by atoms with van der Waals surface area (Å²) in [5.74, 6) is -0.345. The number of hydrogen-bond acceptors (Lipinski definition) is 4. The summed E-state index contributed by atoms with van der Waals surface area (Å²) in [6.07, 6.45) is 0.971. The third kappa shape index (κ3) is 2.90. The lowest BCUT2D eigenvalue weighted by molar-refractivity contribution is -0.385. The highest BCUT2D eigenvalue weighted by molar-refractivity contribution is 5.98. The molecule has 1 aliphatic heterocycles. The Morgan fingerprint density at radius 2 is 1.95 bits per heavy atom. The van der Waals surface area contributed by atoms with Gasteiger partial charge in [-0.15, -0.1) is 0 Å². The Morgan fingerprint density at radius 1 is 1.37 bits per heavy atom. The Balaban J connectivity index is 2.19. The molecule has 19 heavy (non-hydrogen) atoms. The average molecular weight is 264 g/mol. The van der Waals surface area contributed by atoms with E-state index in [1.165, 1.54) is 18.2 Å². The second kappa shape index (κ2) is 4.97. The maximum atomic E-state index is 12.3. The molecule has 0 radical (unpaired) electrons. The van der Waals surface area contributed by atoms with E-state index in [9.17, 15) is 20.0 Å². The first-order valence-corrected chi connectivity index (χ1v) is 6.16. The first-order valence-electron chi connectivity index (χ1n) is 6.16. The molecule has 2 rings (SSSR count). The molecule has 0 unspecified atom stereocenters. The van der Waals surface area contributed by atoms with Gasteiger partial charge in [-0.3, -0.25) is 14.9 Å². The van der Waals surface area contributed by atoms with E-state index < -0.39 is 10.5 Å². The Labute approximate surface area is 110 Å². The summed E-state index contributed by atoms with van der Waals surface area (Å²) in [7, 11) is 0. The van der Waals surface area contributed by atoms with Crippen molar-refractivity contribution in [2.45, 2.75) is 25.4 Å². The van der Waals surface area contributed by atoms with Gasteiger partial charge >= 0.3 is 0 Å². The van der Waals surface area contributed by atoms with Crippen molar-refractivity contribution >= 4 is 11.6 Å². The van der Waals surface area contributed by atoms with Crippen molar-refractivity contribution in [3.63, 3.8) is 0 Å². The van der Waals surface area contributed by atoms with Crippen molar-refractivity contribution in [3.05, 3.63) is 39.9 Å². The largest absolute Gasteiger partial charge is 0.390 e. The molecular weight excluding hydrogens is 248 g/mol. The maximum Gasteiger partial charge on any atom is 0.282 e. The van der Waals surface area contributed by atoms with Crippen molar-refractivity contribution in [2.75, 3.05) is 13.1 Å². The van der Waals surface area contributed by atoms with Crippen molar-refractivity contribution in [1.29, 1.82) is 0 Å². The fourth-order valence-corrected chi connectivity index (χ4v) is 2.18. The first kappa shape index (κ1) is 13.5. The normalized spacial score (nSPS) is 18.1. The van der Waals surface area contributed by atoms with Gasteiger partial charge in [-0.2, -0.15) is 0 Å². The highest BCUT2D eigenvalue weighted by Crippen LogP contribution is 2.25. The van der Waals surface area contributed by atoms with Crippen LogP contribution in [-0.2, 0) is 0 Å². The summed E-state index contributed by atoms with van der Waals surface area (Å²) in [6.45, 7) is 2.57. The van der Waals surface area contributed by atoms with Gasteiger partial charge in [-0.05, 0) is 25.8 Å². The monoisotopic (exact) mass is 264 g/mol. The van der Waals surface area contributed by atoms with E-state index in [0.717, 1.165) is 0 Å². The van der Waals surface area contributed by atoms with Gasteiger partial charge < -0.3 is 10.0 Å². The molecule has 1 saturated heterocycles. The molecule has 1 amide bonds. The lowest BCUT2D eigenvalue weighted by atomic mass is 9.93. The summed E-state index contributed by atoms with van der Waals surface area (Å²) in [5.41, 5.74) is -0.821. The SMILES string of the molecule is CC1(O)CCN(C(=O)c2ccccc2[N+](=O)[O-])CC1. The number of nitro groups is 1. The topological polar surface area (TPSA) is 83.7 Å². The number of carbonyl (C=O) groups excluding carboxylic acids is 1. The van der Waals surface area contributed by atoms with Crippen LogP contribution in [0.15, 0.2) is 24.3 Å². The highest BCUT2D eigenvalue weighted by Gasteiger charge is 2.32. The molecule has 0 atom stereocenters. The van der Waals surface area contributed by atoms with Gasteiger partial charge in [0.05, 0.1) is 10.5 Å². The van der Waals surface area contributed by atoms with Gasteiger partial charge in [0.1, 0.15) is 5.56 Å². The molecule has 1 aromatic carbocycles. The molecule has 0 aromatic heterocycles. The predicted molar refractivity (Wildman–Crippen MR) is 68.9 cm³/mol. The number of para-hydroxylation sites is 1. The van der Waals surface area contributed by atoms with Gasteiger partial charge in [0.2, 0.25) is 0 Å². The maximum absolute atomic E-state index is 12.3. The molecule has 0 aliphatic carbocycles. The van der Waals surface area contributed by atoms with Crippen molar-refractivity contribution in [1.82, 2.24) is 4.90 Å². The number of rotatable bonds is 2. The van der Waals surface area contributed by atoms with E-state index in [1.807, 2.05) is 0 Å². The fraction of sp³-hybridized carbons (Fsp3) is 0.462. The minimum atomic E-state index is -0.751. The van der Waals surface area contributed by atoms with Crippen LogP contribution >= 0.6 is 0 Å². The van der Waals surface area contributed by atoms with Crippen LogP contribution in [0.2, 0.25) is 0 Å². The first-order chi connectivity index (χ1) is 8.91. The standard InChI is InChI=1S/C13H16N2O4/c1-13(17)6-8-14(9-7-13)12(16)10-4-2-3-5-11(10)15(18)19/h2-5,17H,6-9H2,1H3. The Kier molecular flexibility index (Phi) is 3.53. The van der Waals surface area contributed by atoms with Crippen molar-refractivity contribution in [3.8, 4) is 0 Å². The van der Waals surface area contributed by atoms with Crippen LogP contribution in [0.4, 0.5) is 5.69 Å². The van der Waals surface area contributed by atoms with Gasteiger partial charge in [0.25, 0.3) is 11.6 Å². The fourth-order valence-electron chi connectivity index (χ4n) is 2.18. The van der Waals surface area contributed by atoms with Crippen LogP contribution in [-0.4, -0.2) is 39.5 Å². The van der Waals surface area contributed by atoms with E-state index in [2.05, 4.69) is 0 Å². The molecule has 102 valence electrons. The number of benzene rings is 1. The quantitative estimate of drug-likeness (QED) is 0.649. The minimum absolute atomic E-state index is 0.106. The number of amides is 1. The third-order valence-corrected chi connectivity index (χ3v) is 3.46. The molecule has 0 saturated carbocycles. The van der Waals surface area contributed by atoms with Crippen molar-refractivity contribution < 1.29 is 14.8 Å². The summed E-state index contributed by atoms with van der Waals surface area (Å²) in [5, 5.41) is 20.7. The molecule has 6 heteroatoms. The molecule has 6 nitrogen and oxygen atoms in total. The molecule has 0 bridgehead atoms. The number of nitro benzene ring substituents is 1. The van der Waals surface area contributed by atoms with Gasteiger partial charge in [0.15, 0.2) is 0 Å². The molecule has 1 heterocycles. The van der Waals surface area contributed by atoms with E-state index in [0.29, 0.717) is 25.9 Å². The average Bonchev–Trinajstić information content (AvgIpc) is 2.38. The Bertz CT molecular complexity index is 503. The van der Waals surface area contributed by atoms with Crippen LogP contribution < -0.4 is 0 Å². The zero-order valence-electron chi connectivity index (χ0n) is 10.7. The molecule has 1 aromatic rings. The van der Waals surface area contributed by atoms with E-state index >= 15 is 0 Å². The van der Waals surface area contributed by atoms with Crippen LogP contribution in [0.25, 0.3) is 0 Å². The Hall–Kier alpha value is -1.95. The number of piperidine rings is 1. The third-order valence-electron chi connectivity index (χ3n) is 3.46. The van der Waals surface area contributed by atoms with Gasteiger partial charge in [0, 0.05) is 19.2 Å². The summed E-state index contributed by atoms with van der Waals surface area (Å²) >= 11 is 0. The molecule has 1 fully saturated rings. The minimum Gasteiger partial charge on any atom is -0.390 e. The molecule has 0 spiro atoms. The highest BCUT2D eigenvalue weighted by atomic mass is 16.6. The second-order valence-corrected chi connectivity index (χ2v) is 5.06. The second-order valence-electron chi connectivity index (χ2n) is 5.06. The lowest BCUT2D eigenvalue weighted by Crippen LogP contribution is -2.45. The zero-order valence-corrected chi connectivity index (χ0v) is 10.7. The van der Waals surface area contributed by atoms with Crippen LogP contribution in [0.1, 0.15) is 30.1 Å². The van der Waals surface area contributed by atoms with E-state index in [4.69, 9.17) is 0 Å². The molecule has 1 aliphatic rings. The number of carbonyl (C=O) groups is 1. The number of aliphatic hydroxyl groups is 1. The smallest absolute Gasteiger partial charge is 0.282 e. The number of nitrogens with zero attached hydrogens (tertiary/aromatic N) is 2.